The van der Waals surface area contributed by atoms with Crippen molar-refractivity contribution in [2.45, 2.75) is 20.8 Å². The molecule has 0 saturated carbocycles. The highest BCUT2D eigenvalue weighted by molar-refractivity contribution is 7.21. The van der Waals surface area contributed by atoms with Crippen LogP contribution in [0.2, 0.25) is 5.02 Å². The molecule has 0 aliphatic carbocycles. The standard InChI is InChI=1S/C21H19ClO3S/c1-21(2,3)17(23)12-25-19-15-6-4-5-7-16(15)26-20(19)18(24)13-8-10-14(22)11-9-13/h4-11H,12H2,1-3H3. The van der Waals surface area contributed by atoms with E-state index in [2.05, 4.69) is 0 Å². The van der Waals surface area contributed by atoms with Crippen LogP contribution in [0, 0.1) is 5.41 Å². The summed E-state index contributed by atoms with van der Waals surface area (Å²) >= 11 is 7.29. The van der Waals surface area contributed by atoms with Gasteiger partial charge in [-0.15, -0.1) is 11.3 Å². The molecular formula is C21H19ClO3S. The summed E-state index contributed by atoms with van der Waals surface area (Å²) in [5, 5.41) is 1.42. The van der Waals surface area contributed by atoms with Gasteiger partial charge < -0.3 is 4.74 Å². The molecule has 0 N–H and O–H groups in total. The van der Waals surface area contributed by atoms with Crippen LogP contribution in [0.4, 0.5) is 0 Å². The zero-order valence-corrected chi connectivity index (χ0v) is 16.4. The van der Waals surface area contributed by atoms with Crippen molar-refractivity contribution in [2.75, 3.05) is 6.61 Å². The van der Waals surface area contributed by atoms with E-state index in [0.717, 1.165) is 10.1 Å². The number of ketones is 2. The number of Topliss-reactive ketones (excluding diaryl/α,β-unsaturated/α-hetero) is 1. The van der Waals surface area contributed by atoms with E-state index < -0.39 is 5.41 Å². The highest BCUT2D eigenvalue weighted by Crippen LogP contribution is 2.39. The van der Waals surface area contributed by atoms with E-state index in [1.807, 2.05) is 45.0 Å². The molecule has 0 amide bonds. The maximum atomic E-state index is 13.0. The van der Waals surface area contributed by atoms with Crippen molar-refractivity contribution in [3.63, 3.8) is 0 Å². The average molecular weight is 387 g/mol. The zero-order chi connectivity index (χ0) is 18.9. The number of ether oxygens (including phenoxy) is 1. The molecule has 0 fully saturated rings. The van der Waals surface area contributed by atoms with Gasteiger partial charge in [0.15, 0.2) is 5.78 Å². The van der Waals surface area contributed by atoms with Crippen molar-refractivity contribution < 1.29 is 14.3 Å². The fraction of sp³-hybridized carbons (Fsp3) is 0.238. The molecule has 5 heteroatoms. The summed E-state index contributed by atoms with van der Waals surface area (Å²) in [5.74, 6) is 0.321. The second-order valence-electron chi connectivity index (χ2n) is 7.05. The van der Waals surface area contributed by atoms with Crippen LogP contribution < -0.4 is 4.74 Å². The SMILES string of the molecule is CC(C)(C)C(=O)COc1c(C(=O)c2ccc(Cl)cc2)sc2ccccc12. The molecule has 26 heavy (non-hydrogen) atoms. The van der Waals surface area contributed by atoms with Gasteiger partial charge in [-0.2, -0.15) is 0 Å². The fourth-order valence-corrected chi connectivity index (χ4v) is 3.64. The van der Waals surface area contributed by atoms with Crippen LogP contribution in [0.3, 0.4) is 0 Å². The zero-order valence-electron chi connectivity index (χ0n) is 14.8. The molecule has 0 aliphatic heterocycles. The van der Waals surface area contributed by atoms with E-state index >= 15 is 0 Å². The molecule has 2 aromatic carbocycles. The summed E-state index contributed by atoms with van der Waals surface area (Å²) in [7, 11) is 0. The third-order valence-corrected chi connectivity index (χ3v) is 5.45. The van der Waals surface area contributed by atoms with Crippen molar-refractivity contribution in [2.24, 2.45) is 5.41 Å². The first-order valence-electron chi connectivity index (χ1n) is 8.25. The van der Waals surface area contributed by atoms with Gasteiger partial charge in [0.25, 0.3) is 0 Å². The number of thiophene rings is 1. The lowest BCUT2D eigenvalue weighted by Gasteiger charge is -2.17. The molecule has 0 spiro atoms. The minimum atomic E-state index is -0.494. The Bertz CT molecular complexity index is 965. The summed E-state index contributed by atoms with van der Waals surface area (Å²) in [6, 6.07) is 14.4. The molecule has 1 heterocycles. The summed E-state index contributed by atoms with van der Waals surface area (Å²) in [5.41, 5.74) is 0.0413. The lowest BCUT2D eigenvalue weighted by atomic mass is 9.91. The quantitative estimate of drug-likeness (QED) is 0.522. The van der Waals surface area contributed by atoms with Crippen LogP contribution in [0.25, 0.3) is 10.1 Å². The number of benzene rings is 2. The molecule has 0 bridgehead atoms. The lowest BCUT2D eigenvalue weighted by Crippen LogP contribution is -2.26. The van der Waals surface area contributed by atoms with Gasteiger partial charge in [-0.1, -0.05) is 44.5 Å². The number of rotatable bonds is 5. The van der Waals surface area contributed by atoms with Crippen LogP contribution in [-0.2, 0) is 4.79 Å². The van der Waals surface area contributed by atoms with Crippen LogP contribution in [0.15, 0.2) is 48.5 Å². The Morgan fingerprint density at radius 2 is 1.69 bits per heavy atom. The predicted molar refractivity (Wildman–Crippen MR) is 107 cm³/mol. The van der Waals surface area contributed by atoms with Crippen molar-refractivity contribution >= 4 is 44.6 Å². The molecule has 0 aliphatic rings. The Morgan fingerprint density at radius 3 is 2.35 bits per heavy atom. The van der Waals surface area contributed by atoms with E-state index in [1.165, 1.54) is 11.3 Å². The van der Waals surface area contributed by atoms with Crippen LogP contribution >= 0.6 is 22.9 Å². The number of hydrogen-bond donors (Lipinski definition) is 0. The van der Waals surface area contributed by atoms with Gasteiger partial charge >= 0.3 is 0 Å². The highest BCUT2D eigenvalue weighted by atomic mass is 35.5. The molecule has 0 atom stereocenters. The highest BCUT2D eigenvalue weighted by Gasteiger charge is 2.25. The second kappa shape index (κ2) is 7.22. The third-order valence-electron chi connectivity index (χ3n) is 4.05. The Morgan fingerprint density at radius 1 is 1.04 bits per heavy atom. The van der Waals surface area contributed by atoms with Gasteiger partial charge in [0, 0.05) is 26.1 Å². The van der Waals surface area contributed by atoms with Crippen LogP contribution in [0.1, 0.15) is 36.0 Å². The summed E-state index contributed by atoms with van der Waals surface area (Å²) in [4.78, 5) is 25.8. The topological polar surface area (TPSA) is 43.4 Å². The minimum Gasteiger partial charge on any atom is -0.483 e. The molecule has 3 aromatic rings. The van der Waals surface area contributed by atoms with Gasteiger partial charge in [0.2, 0.25) is 5.78 Å². The van der Waals surface area contributed by atoms with Crippen molar-refractivity contribution in [1.29, 1.82) is 0 Å². The van der Waals surface area contributed by atoms with Crippen molar-refractivity contribution in [3.05, 3.63) is 64.0 Å². The first-order chi connectivity index (χ1) is 12.3. The summed E-state index contributed by atoms with van der Waals surface area (Å²) in [6.45, 7) is 5.49. The normalized spacial score (nSPS) is 11.5. The van der Waals surface area contributed by atoms with Crippen molar-refractivity contribution in [3.8, 4) is 5.75 Å². The molecule has 1 aromatic heterocycles. The van der Waals surface area contributed by atoms with E-state index in [1.54, 1.807) is 24.3 Å². The average Bonchev–Trinajstić information content (AvgIpc) is 2.97. The lowest BCUT2D eigenvalue weighted by molar-refractivity contribution is -0.128. The molecule has 0 saturated heterocycles. The first kappa shape index (κ1) is 18.6. The van der Waals surface area contributed by atoms with Crippen molar-refractivity contribution in [1.82, 2.24) is 0 Å². The van der Waals surface area contributed by atoms with Gasteiger partial charge in [0.1, 0.15) is 17.2 Å². The molecule has 0 unspecified atom stereocenters. The molecule has 3 nitrogen and oxygen atoms in total. The number of fused-ring (bicyclic) bond motifs is 1. The monoisotopic (exact) mass is 386 g/mol. The summed E-state index contributed by atoms with van der Waals surface area (Å²) in [6.07, 6.45) is 0. The van der Waals surface area contributed by atoms with Crippen LogP contribution in [-0.4, -0.2) is 18.2 Å². The fourth-order valence-electron chi connectivity index (χ4n) is 2.40. The van der Waals surface area contributed by atoms with E-state index in [9.17, 15) is 9.59 Å². The number of hydrogen-bond acceptors (Lipinski definition) is 4. The number of carbonyl (C=O) groups excluding carboxylic acids is 2. The Kier molecular flexibility index (Phi) is 5.17. The largest absolute Gasteiger partial charge is 0.483 e. The summed E-state index contributed by atoms with van der Waals surface area (Å²) < 4.78 is 6.81. The molecular weight excluding hydrogens is 368 g/mol. The van der Waals surface area contributed by atoms with Crippen LogP contribution in [0.5, 0.6) is 5.75 Å². The Hall–Kier alpha value is -2.17. The smallest absolute Gasteiger partial charge is 0.206 e. The first-order valence-corrected chi connectivity index (χ1v) is 9.45. The maximum absolute atomic E-state index is 13.0. The minimum absolute atomic E-state index is 0.0160. The molecule has 134 valence electrons. The molecule has 0 radical (unpaired) electrons. The second-order valence-corrected chi connectivity index (χ2v) is 8.54. The van der Waals surface area contributed by atoms with Gasteiger partial charge in [-0.05, 0) is 36.4 Å². The van der Waals surface area contributed by atoms with Gasteiger partial charge in [-0.3, -0.25) is 9.59 Å². The van der Waals surface area contributed by atoms with E-state index in [4.69, 9.17) is 16.3 Å². The molecule has 3 rings (SSSR count). The number of carbonyl (C=O) groups is 2. The third kappa shape index (κ3) is 3.81. The van der Waals surface area contributed by atoms with E-state index in [0.29, 0.717) is 21.2 Å². The van der Waals surface area contributed by atoms with Gasteiger partial charge in [-0.25, -0.2) is 0 Å². The number of halogens is 1. The van der Waals surface area contributed by atoms with E-state index in [-0.39, 0.29) is 18.2 Å². The Labute approximate surface area is 161 Å². The van der Waals surface area contributed by atoms with Gasteiger partial charge in [0.05, 0.1) is 0 Å². The Balaban J connectivity index is 2.00. The predicted octanol–water partition coefficient (Wildman–Crippen LogP) is 5.78. The maximum Gasteiger partial charge on any atom is 0.206 e.